The van der Waals surface area contributed by atoms with Gasteiger partial charge < -0.3 is 4.55 Å². The molecule has 0 radical (unpaired) electrons. The van der Waals surface area contributed by atoms with Gasteiger partial charge in [-0.15, -0.1) is 0 Å². The molecule has 1 unspecified atom stereocenters. The SMILES string of the molecule is CC[S+]([O-])c1ccc(CC(C)C)cc1. The van der Waals surface area contributed by atoms with E-state index in [4.69, 9.17) is 0 Å². The number of rotatable bonds is 4. The molecule has 0 bridgehead atoms. The van der Waals surface area contributed by atoms with Crippen molar-refractivity contribution in [2.75, 3.05) is 5.75 Å². The molecular formula is C12H18OS. The van der Waals surface area contributed by atoms with Crippen molar-refractivity contribution in [2.45, 2.75) is 32.1 Å². The number of hydrogen-bond donors (Lipinski definition) is 0. The summed E-state index contributed by atoms with van der Waals surface area (Å²) in [6.45, 7) is 6.36. The lowest BCUT2D eigenvalue weighted by atomic mass is 10.0. The van der Waals surface area contributed by atoms with Crippen molar-refractivity contribution in [3.8, 4) is 0 Å². The zero-order valence-electron chi connectivity index (χ0n) is 9.12. The fourth-order valence-electron chi connectivity index (χ4n) is 1.42. The summed E-state index contributed by atoms with van der Waals surface area (Å²) in [6, 6.07) is 8.14. The second-order valence-electron chi connectivity index (χ2n) is 3.88. The molecule has 0 saturated heterocycles. The molecule has 1 rings (SSSR count). The highest BCUT2D eigenvalue weighted by Gasteiger charge is 2.07. The summed E-state index contributed by atoms with van der Waals surface area (Å²) in [5.41, 5.74) is 1.33. The zero-order valence-corrected chi connectivity index (χ0v) is 9.93. The van der Waals surface area contributed by atoms with Crippen LogP contribution in [0.5, 0.6) is 0 Å². The molecular weight excluding hydrogens is 192 g/mol. The minimum absolute atomic E-state index is 0.678. The highest BCUT2D eigenvalue weighted by atomic mass is 32.2. The van der Waals surface area contributed by atoms with Gasteiger partial charge in [0.15, 0.2) is 4.90 Å². The Morgan fingerprint density at radius 1 is 1.21 bits per heavy atom. The van der Waals surface area contributed by atoms with Crippen molar-refractivity contribution in [1.29, 1.82) is 0 Å². The predicted octanol–water partition coefficient (Wildman–Crippen LogP) is 3.01. The van der Waals surface area contributed by atoms with Crippen LogP contribution >= 0.6 is 0 Å². The summed E-state index contributed by atoms with van der Waals surface area (Å²) in [5, 5.41) is 0. The van der Waals surface area contributed by atoms with Crippen LogP contribution in [0.15, 0.2) is 29.2 Å². The summed E-state index contributed by atoms with van der Waals surface area (Å²) >= 11 is -0.811. The maximum Gasteiger partial charge on any atom is 0.152 e. The summed E-state index contributed by atoms with van der Waals surface area (Å²) in [5.74, 6) is 1.38. The largest absolute Gasteiger partial charge is 0.611 e. The third-order valence-electron chi connectivity index (χ3n) is 2.09. The minimum atomic E-state index is -0.811. The maximum absolute atomic E-state index is 11.5. The minimum Gasteiger partial charge on any atom is -0.611 e. The van der Waals surface area contributed by atoms with E-state index in [9.17, 15) is 4.55 Å². The van der Waals surface area contributed by atoms with Crippen molar-refractivity contribution in [2.24, 2.45) is 5.92 Å². The van der Waals surface area contributed by atoms with Gasteiger partial charge in [0.1, 0.15) is 5.75 Å². The molecule has 78 valence electrons. The molecule has 0 aliphatic carbocycles. The molecule has 0 heterocycles. The van der Waals surface area contributed by atoms with Crippen molar-refractivity contribution >= 4 is 11.2 Å². The van der Waals surface area contributed by atoms with Gasteiger partial charge in [-0.05, 0) is 48.1 Å². The second kappa shape index (κ2) is 5.42. The first-order valence-electron chi connectivity index (χ1n) is 5.10. The van der Waals surface area contributed by atoms with E-state index in [1.165, 1.54) is 5.56 Å². The van der Waals surface area contributed by atoms with E-state index in [-0.39, 0.29) is 0 Å². The average molecular weight is 210 g/mol. The molecule has 0 N–H and O–H groups in total. The van der Waals surface area contributed by atoms with Crippen LogP contribution in [0.25, 0.3) is 0 Å². The summed E-state index contributed by atoms with van der Waals surface area (Å²) in [7, 11) is 0. The van der Waals surface area contributed by atoms with Crippen LogP contribution in [-0.2, 0) is 17.6 Å². The van der Waals surface area contributed by atoms with Crippen LogP contribution in [0.2, 0.25) is 0 Å². The molecule has 1 aromatic rings. The van der Waals surface area contributed by atoms with Gasteiger partial charge >= 0.3 is 0 Å². The zero-order chi connectivity index (χ0) is 10.6. The monoisotopic (exact) mass is 210 g/mol. The van der Waals surface area contributed by atoms with Gasteiger partial charge in [0.05, 0.1) is 0 Å². The molecule has 1 atom stereocenters. The third kappa shape index (κ3) is 3.35. The van der Waals surface area contributed by atoms with Crippen LogP contribution in [-0.4, -0.2) is 10.3 Å². The molecule has 1 aromatic carbocycles. The fourth-order valence-corrected chi connectivity index (χ4v) is 2.19. The van der Waals surface area contributed by atoms with Crippen molar-refractivity contribution in [3.63, 3.8) is 0 Å². The molecule has 2 heteroatoms. The van der Waals surface area contributed by atoms with E-state index in [0.29, 0.717) is 11.7 Å². The quantitative estimate of drug-likeness (QED) is 0.701. The molecule has 0 aliphatic rings. The van der Waals surface area contributed by atoms with Crippen LogP contribution in [0.3, 0.4) is 0 Å². The van der Waals surface area contributed by atoms with Crippen LogP contribution < -0.4 is 0 Å². The first kappa shape index (κ1) is 11.6. The molecule has 0 fully saturated rings. The average Bonchev–Trinajstić information content (AvgIpc) is 2.17. The van der Waals surface area contributed by atoms with Crippen molar-refractivity contribution in [3.05, 3.63) is 29.8 Å². The Morgan fingerprint density at radius 2 is 1.79 bits per heavy atom. The lowest BCUT2D eigenvalue weighted by molar-refractivity contribution is 0.596. The molecule has 0 saturated carbocycles. The van der Waals surface area contributed by atoms with Gasteiger partial charge in [0.25, 0.3) is 0 Å². The lowest BCUT2D eigenvalue weighted by Gasteiger charge is -2.09. The summed E-state index contributed by atoms with van der Waals surface area (Å²) < 4.78 is 11.5. The first-order valence-corrected chi connectivity index (χ1v) is 6.42. The highest BCUT2D eigenvalue weighted by Crippen LogP contribution is 2.14. The summed E-state index contributed by atoms with van der Waals surface area (Å²) in [4.78, 5) is 0.944. The first-order chi connectivity index (χ1) is 6.63. The van der Waals surface area contributed by atoms with Gasteiger partial charge in [-0.2, -0.15) is 0 Å². The van der Waals surface area contributed by atoms with E-state index in [1.54, 1.807) is 0 Å². The van der Waals surface area contributed by atoms with E-state index >= 15 is 0 Å². The van der Waals surface area contributed by atoms with Gasteiger partial charge in [-0.3, -0.25) is 0 Å². The Morgan fingerprint density at radius 3 is 2.21 bits per heavy atom. The number of hydrogen-bond acceptors (Lipinski definition) is 1. The topological polar surface area (TPSA) is 23.1 Å². The normalized spacial score (nSPS) is 13.2. The predicted molar refractivity (Wildman–Crippen MR) is 61.9 cm³/mol. The van der Waals surface area contributed by atoms with E-state index in [2.05, 4.69) is 26.0 Å². The van der Waals surface area contributed by atoms with Crippen molar-refractivity contribution < 1.29 is 4.55 Å². The lowest BCUT2D eigenvalue weighted by Crippen LogP contribution is -2.03. The van der Waals surface area contributed by atoms with E-state index < -0.39 is 11.2 Å². The van der Waals surface area contributed by atoms with Crippen LogP contribution in [0.1, 0.15) is 26.3 Å². The second-order valence-corrected chi connectivity index (χ2v) is 5.62. The Labute approximate surface area is 89.7 Å². The van der Waals surface area contributed by atoms with Gasteiger partial charge in [-0.1, -0.05) is 26.0 Å². The summed E-state index contributed by atoms with van der Waals surface area (Å²) in [6.07, 6.45) is 1.10. The molecule has 0 aliphatic heterocycles. The number of benzene rings is 1. The Bertz CT molecular complexity index is 266. The Balaban J connectivity index is 2.68. The molecule has 0 spiro atoms. The molecule has 0 amide bonds. The molecule has 1 nitrogen and oxygen atoms in total. The molecule has 0 aromatic heterocycles. The molecule has 14 heavy (non-hydrogen) atoms. The van der Waals surface area contributed by atoms with E-state index in [0.717, 1.165) is 11.3 Å². The van der Waals surface area contributed by atoms with Gasteiger partial charge in [-0.25, -0.2) is 0 Å². The van der Waals surface area contributed by atoms with Crippen LogP contribution in [0, 0.1) is 5.92 Å². The Hall–Kier alpha value is -0.470. The standard InChI is InChI=1S/C12H18OS/c1-4-14(13)12-7-5-11(6-8-12)9-10(2)3/h5-8,10H,4,9H2,1-3H3. The van der Waals surface area contributed by atoms with Gasteiger partial charge in [0.2, 0.25) is 0 Å². The van der Waals surface area contributed by atoms with Crippen LogP contribution in [0.4, 0.5) is 0 Å². The van der Waals surface area contributed by atoms with Crippen molar-refractivity contribution in [1.82, 2.24) is 0 Å². The third-order valence-corrected chi connectivity index (χ3v) is 3.41. The van der Waals surface area contributed by atoms with Gasteiger partial charge in [0, 0.05) is 0 Å². The smallest absolute Gasteiger partial charge is 0.152 e. The Kier molecular flexibility index (Phi) is 4.49. The highest BCUT2D eigenvalue weighted by molar-refractivity contribution is 7.91. The van der Waals surface area contributed by atoms with E-state index in [1.807, 2.05) is 19.1 Å². The fraction of sp³-hybridized carbons (Fsp3) is 0.500. The maximum atomic E-state index is 11.5.